The average Bonchev–Trinajstić information content (AvgIpc) is 2.91. The van der Waals surface area contributed by atoms with E-state index in [1.54, 1.807) is 32.2 Å². The Balaban J connectivity index is 2.24. The van der Waals surface area contributed by atoms with Crippen molar-refractivity contribution in [3.05, 3.63) is 28.7 Å². The number of aliphatic carboxylic acids is 1. The zero-order chi connectivity index (χ0) is 20.0. The molecule has 0 unspecified atom stereocenters. The fourth-order valence-electron chi connectivity index (χ4n) is 2.59. The van der Waals surface area contributed by atoms with Crippen molar-refractivity contribution in [1.82, 2.24) is 4.90 Å². The third kappa shape index (κ3) is 5.01. The van der Waals surface area contributed by atoms with Crippen LogP contribution < -0.4 is 9.47 Å². The molecule has 1 aliphatic rings. The lowest BCUT2D eigenvalue weighted by Crippen LogP contribution is -2.43. The minimum absolute atomic E-state index is 0.256. The van der Waals surface area contributed by atoms with E-state index in [-0.39, 0.29) is 16.6 Å². The molecule has 1 N–H and O–H groups in total. The molecule has 1 amide bonds. The summed E-state index contributed by atoms with van der Waals surface area (Å²) in [6, 6.07) is 4.45. The number of methoxy groups -OCH3 is 1. The average molecular weight is 410 g/mol. The normalized spacial score (nSPS) is 16.7. The number of unbranched alkanes of at least 4 members (excludes halogenated alkanes) is 1. The Hall–Kier alpha value is -2.06. The largest absolute Gasteiger partial charge is 0.493 e. The maximum absolute atomic E-state index is 12.7. The van der Waals surface area contributed by atoms with Crippen molar-refractivity contribution in [3.63, 3.8) is 0 Å². The molecule has 0 saturated carbocycles. The fraction of sp³-hybridized carbons (Fsp3) is 0.421. The van der Waals surface area contributed by atoms with E-state index in [1.165, 1.54) is 4.90 Å². The first-order valence-corrected chi connectivity index (χ1v) is 9.96. The number of thioether (sulfide) groups is 1. The van der Waals surface area contributed by atoms with Crippen molar-refractivity contribution in [2.45, 2.75) is 39.2 Å². The maximum atomic E-state index is 12.7. The molecule has 8 heteroatoms. The van der Waals surface area contributed by atoms with Crippen LogP contribution >= 0.6 is 24.0 Å². The minimum atomic E-state index is -1.06. The van der Waals surface area contributed by atoms with E-state index in [9.17, 15) is 14.7 Å². The second kappa shape index (κ2) is 9.75. The zero-order valence-electron chi connectivity index (χ0n) is 15.6. The van der Waals surface area contributed by atoms with Gasteiger partial charge in [-0.05, 0) is 36.6 Å². The van der Waals surface area contributed by atoms with Crippen molar-refractivity contribution < 1.29 is 24.2 Å². The van der Waals surface area contributed by atoms with Crippen LogP contribution in [0.15, 0.2) is 23.1 Å². The molecule has 0 spiro atoms. The molecule has 1 atom stereocenters. The van der Waals surface area contributed by atoms with Gasteiger partial charge in [-0.3, -0.25) is 9.69 Å². The summed E-state index contributed by atoms with van der Waals surface area (Å²) in [7, 11) is 1.56. The summed E-state index contributed by atoms with van der Waals surface area (Å²) in [6.45, 7) is 4.41. The molecular weight excluding hydrogens is 386 g/mol. The first-order valence-electron chi connectivity index (χ1n) is 8.73. The van der Waals surface area contributed by atoms with Gasteiger partial charge in [0.15, 0.2) is 11.5 Å². The van der Waals surface area contributed by atoms with Crippen LogP contribution in [-0.2, 0) is 9.59 Å². The van der Waals surface area contributed by atoms with Gasteiger partial charge in [0, 0.05) is 0 Å². The van der Waals surface area contributed by atoms with E-state index in [0.29, 0.717) is 23.0 Å². The highest BCUT2D eigenvalue weighted by Crippen LogP contribution is 2.36. The van der Waals surface area contributed by atoms with Crippen LogP contribution in [0.3, 0.4) is 0 Å². The second-order valence-electron chi connectivity index (χ2n) is 5.93. The molecule has 146 valence electrons. The minimum Gasteiger partial charge on any atom is -0.493 e. The number of nitrogens with zero attached hydrogens (tertiary/aromatic N) is 1. The van der Waals surface area contributed by atoms with Crippen molar-refractivity contribution in [1.29, 1.82) is 0 Å². The topological polar surface area (TPSA) is 76.1 Å². The van der Waals surface area contributed by atoms with Crippen LogP contribution in [0.1, 0.15) is 38.7 Å². The van der Waals surface area contributed by atoms with Crippen molar-refractivity contribution in [2.24, 2.45) is 0 Å². The first-order chi connectivity index (χ1) is 12.9. The van der Waals surface area contributed by atoms with Gasteiger partial charge in [0.05, 0.1) is 18.6 Å². The Labute approximate surface area is 168 Å². The van der Waals surface area contributed by atoms with Gasteiger partial charge in [-0.2, -0.15) is 0 Å². The van der Waals surface area contributed by atoms with E-state index in [0.717, 1.165) is 30.2 Å². The summed E-state index contributed by atoms with van der Waals surface area (Å²) in [6.07, 6.45) is 3.96. The van der Waals surface area contributed by atoms with Crippen LogP contribution in [0.2, 0.25) is 0 Å². The number of hydrogen-bond donors (Lipinski definition) is 1. The lowest BCUT2D eigenvalue weighted by molar-refractivity contribution is -0.145. The van der Waals surface area contributed by atoms with Crippen molar-refractivity contribution >= 4 is 46.3 Å². The number of carboxylic acids is 1. The van der Waals surface area contributed by atoms with E-state index in [1.807, 2.05) is 6.07 Å². The Bertz CT molecular complexity index is 762. The smallest absolute Gasteiger partial charge is 0.326 e. The molecule has 1 aromatic rings. The molecule has 1 aromatic carbocycles. The van der Waals surface area contributed by atoms with Crippen LogP contribution in [0.5, 0.6) is 11.5 Å². The number of benzene rings is 1. The molecular formula is C19H23NO5S2. The molecule has 1 saturated heterocycles. The van der Waals surface area contributed by atoms with Crippen LogP contribution in [-0.4, -0.2) is 46.0 Å². The third-order valence-corrected chi connectivity index (χ3v) is 5.38. The quantitative estimate of drug-likeness (QED) is 0.376. The summed E-state index contributed by atoms with van der Waals surface area (Å²) in [4.78, 5) is 25.6. The number of amides is 1. The summed E-state index contributed by atoms with van der Waals surface area (Å²) in [5.41, 5.74) is 0.749. The number of carbonyl (C=O) groups is 2. The van der Waals surface area contributed by atoms with Gasteiger partial charge in [0.2, 0.25) is 0 Å². The second-order valence-corrected chi connectivity index (χ2v) is 7.60. The first kappa shape index (κ1) is 21.2. The Morgan fingerprint density at radius 3 is 2.70 bits per heavy atom. The molecule has 6 nitrogen and oxygen atoms in total. The molecule has 0 bridgehead atoms. The predicted molar refractivity (Wildman–Crippen MR) is 110 cm³/mol. The highest BCUT2D eigenvalue weighted by molar-refractivity contribution is 8.26. The highest BCUT2D eigenvalue weighted by Gasteiger charge is 2.39. The van der Waals surface area contributed by atoms with Gasteiger partial charge in [-0.25, -0.2) is 4.79 Å². The van der Waals surface area contributed by atoms with Crippen LogP contribution in [0.25, 0.3) is 6.08 Å². The monoisotopic (exact) mass is 409 g/mol. The van der Waals surface area contributed by atoms with E-state index in [2.05, 4.69) is 6.92 Å². The van der Waals surface area contributed by atoms with E-state index in [4.69, 9.17) is 21.7 Å². The molecule has 27 heavy (non-hydrogen) atoms. The van der Waals surface area contributed by atoms with Crippen LogP contribution in [0, 0.1) is 0 Å². The number of ether oxygens (including phenoxy) is 2. The highest BCUT2D eigenvalue weighted by atomic mass is 32.2. The van der Waals surface area contributed by atoms with Gasteiger partial charge in [-0.1, -0.05) is 50.3 Å². The zero-order valence-corrected chi connectivity index (χ0v) is 17.2. The van der Waals surface area contributed by atoms with Gasteiger partial charge in [0.1, 0.15) is 10.4 Å². The predicted octanol–water partition coefficient (Wildman–Crippen LogP) is 3.94. The maximum Gasteiger partial charge on any atom is 0.326 e. The third-order valence-electron chi connectivity index (χ3n) is 4.05. The fourth-order valence-corrected chi connectivity index (χ4v) is 3.94. The van der Waals surface area contributed by atoms with Crippen LogP contribution in [0.4, 0.5) is 0 Å². The Kier molecular flexibility index (Phi) is 7.67. The number of hydrogen-bond acceptors (Lipinski definition) is 6. The van der Waals surface area contributed by atoms with Gasteiger partial charge in [-0.15, -0.1) is 0 Å². The SMILES string of the molecule is CCCCOc1ccc(/C=C2/SC(=S)N([C@@H](CC)C(=O)O)C2=O)cc1OC. The molecule has 1 heterocycles. The molecule has 0 radical (unpaired) electrons. The summed E-state index contributed by atoms with van der Waals surface area (Å²) in [5, 5.41) is 9.32. The Morgan fingerprint density at radius 2 is 2.11 bits per heavy atom. The van der Waals surface area contributed by atoms with E-state index >= 15 is 0 Å². The summed E-state index contributed by atoms with van der Waals surface area (Å²) < 4.78 is 11.3. The number of carboxylic acid groups (broad SMARTS) is 1. The van der Waals surface area contributed by atoms with Crippen molar-refractivity contribution in [3.8, 4) is 11.5 Å². The molecule has 2 rings (SSSR count). The number of rotatable bonds is 9. The van der Waals surface area contributed by atoms with Gasteiger partial charge < -0.3 is 14.6 Å². The standard InChI is InChI=1S/C19H23NO5S2/c1-4-6-9-25-14-8-7-12(10-15(14)24-3)11-16-17(21)20(19(26)27-16)13(5-2)18(22)23/h7-8,10-11,13H,4-6,9H2,1-3H3,(H,22,23)/b16-11+/t13-/m0/s1. The summed E-state index contributed by atoms with van der Waals surface area (Å²) >= 11 is 6.33. The van der Waals surface area contributed by atoms with Gasteiger partial charge >= 0.3 is 5.97 Å². The molecule has 0 aromatic heterocycles. The number of thiocarbonyl (C=S) groups is 1. The number of carbonyl (C=O) groups excluding carboxylic acids is 1. The Morgan fingerprint density at radius 1 is 1.37 bits per heavy atom. The summed E-state index contributed by atoms with van der Waals surface area (Å²) in [5.74, 6) is -0.230. The van der Waals surface area contributed by atoms with Crippen molar-refractivity contribution in [2.75, 3.05) is 13.7 Å². The van der Waals surface area contributed by atoms with E-state index < -0.39 is 12.0 Å². The lowest BCUT2D eigenvalue weighted by Gasteiger charge is -2.21. The van der Waals surface area contributed by atoms with Gasteiger partial charge in [0.25, 0.3) is 5.91 Å². The molecule has 1 aliphatic heterocycles. The molecule has 1 fully saturated rings. The lowest BCUT2D eigenvalue weighted by atomic mass is 10.1. The molecule has 0 aliphatic carbocycles.